The molecule has 0 radical (unpaired) electrons. The van der Waals surface area contributed by atoms with Crippen LogP contribution in [-0.2, 0) is 25.7 Å². The molecule has 2 heteroatoms. The minimum Gasteiger partial charge on any atom is -0.269 e. The Hall–Kier alpha value is -2.61. The van der Waals surface area contributed by atoms with Gasteiger partial charge in [0, 0.05) is 12.6 Å². The first kappa shape index (κ1) is 21.1. The third-order valence-electron chi connectivity index (χ3n) is 6.02. The number of fused-ring (bicyclic) bond motifs is 1. The molecule has 0 bridgehead atoms. The third kappa shape index (κ3) is 4.87. The van der Waals surface area contributed by atoms with Gasteiger partial charge in [-0.05, 0) is 84.9 Å². The number of hydrogen-bond donors (Lipinski definition) is 0. The topological polar surface area (TPSA) is 15.6 Å². The molecular formula is C27H34N2. The molecule has 0 N–H and O–H groups in total. The molecule has 29 heavy (non-hydrogen) atoms. The number of allylic oxidation sites excluding steroid dienone is 2. The smallest absolute Gasteiger partial charge is 0.0593 e. The fourth-order valence-electron chi connectivity index (χ4n) is 4.20. The van der Waals surface area contributed by atoms with Crippen molar-refractivity contribution in [2.24, 2.45) is 5.10 Å². The number of benzene rings is 2. The van der Waals surface area contributed by atoms with E-state index in [2.05, 4.69) is 74.9 Å². The maximum atomic E-state index is 4.68. The number of aryl methyl sites for hydroxylation is 4. The van der Waals surface area contributed by atoms with Crippen molar-refractivity contribution >= 4 is 11.8 Å². The normalized spacial score (nSPS) is 14.1. The Bertz CT molecular complexity index is 934. The summed E-state index contributed by atoms with van der Waals surface area (Å²) in [6, 6.07) is 13.5. The van der Waals surface area contributed by atoms with E-state index in [0.29, 0.717) is 0 Å². The SMILES string of the molecule is C=C(/C(=C/C)c1ccc2c(c1)CCCC2)N(C)/N=C/c1ccc(CC)c(CC)c1. The lowest BCUT2D eigenvalue weighted by molar-refractivity contribution is 0.469. The summed E-state index contributed by atoms with van der Waals surface area (Å²) >= 11 is 0. The molecule has 2 aromatic rings. The lowest BCUT2D eigenvalue weighted by Gasteiger charge is -2.21. The zero-order valence-corrected chi connectivity index (χ0v) is 18.5. The molecular weight excluding hydrogens is 352 g/mol. The highest BCUT2D eigenvalue weighted by Crippen LogP contribution is 2.29. The van der Waals surface area contributed by atoms with Gasteiger partial charge in [-0.2, -0.15) is 5.10 Å². The van der Waals surface area contributed by atoms with Gasteiger partial charge in [-0.1, -0.05) is 56.8 Å². The molecule has 2 nitrogen and oxygen atoms in total. The number of rotatable bonds is 7. The van der Waals surface area contributed by atoms with Crippen LogP contribution in [0, 0.1) is 0 Å². The van der Waals surface area contributed by atoms with Crippen molar-refractivity contribution < 1.29 is 0 Å². The van der Waals surface area contributed by atoms with Crippen molar-refractivity contribution in [1.82, 2.24) is 5.01 Å². The molecule has 2 aromatic carbocycles. The third-order valence-corrected chi connectivity index (χ3v) is 6.02. The van der Waals surface area contributed by atoms with Crippen molar-refractivity contribution in [3.63, 3.8) is 0 Å². The zero-order chi connectivity index (χ0) is 20.8. The number of hydrogen-bond acceptors (Lipinski definition) is 2. The minimum absolute atomic E-state index is 0.917. The van der Waals surface area contributed by atoms with E-state index in [0.717, 1.165) is 29.7 Å². The maximum Gasteiger partial charge on any atom is 0.0593 e. The van der Waals surface area contributed by atoms with Crippen LogP contribution in [0.15, 0.2) is 59.9 Å². The quantitative estimate of drug-likeness (QED) is 0.298. The fourth-order valence-corrected chi connectivity index (χ4v) is 4.20. The first-order chi connectivity index (χ1) is 14.1. The van der Waals surface area contributed by atoms with Crippen molar-refractivity contribution in [2.75, 3.05) is 7.05 Å². The number of hydrazone groups is 1. The van der Waals surface area contributed by atoms with Gasteiger partial charge in [0.15, 0.2) is 0 Å². The molecule has 0 heterocycles. The molecule has 0 aromatic heterocycles. The van der Waals surface area contributed by atoms with Gasteiger partial charge in [-0.3, -0.25) is 5.01 Å². The summed E-state index contributed by atoms with van der Waals surface area (Å²) < 4.78 is 0. The lowest BCUT2D eigenvalue weighted by atomic mass is 9.88. The largest absolute Gasteiger partial charge is 0.269 e. The molecule has 0 unspecified atom stereocenters. The summed E-state index contributed by atoms with van der Waals surface area (Å²) in [5.41, 5.74) is 10.3. The van der Waals surface area contributed by atoms with E-state index in [1.54, 1.807) is 0 Å². The first-order valence-corrected chi connectivity index (χ1v) is 10.9. The maximum absolute atomic E-state index is 4.68. The molecule has 0 spiro atoms. The summed E-state index contributed by atoms with van der Waals surface area (Å²) in [5, 5.41) is 6.56. The number of likely N-dealkylation sites (N-methyl/N-ethyl adjacent to an activating group) is 1. The van der Waals surface area contributed by atoms with Crippen LogP contribution in [0.25, 0.3) is 5.57 Å². The Morgan fingerprint density at radius 3 is 2.41 bits per heavy atom. The highest BCUT2D eigenvalue weighted by Gasteiger charge is 2.14. The van der Waals surface area contributed by atoms with Crippen LogP contribution in [0.2, 0.25) is 0 Å². The van der Waals surface area contributed by atoms with E-state index >= 15 is 0 Å². The van der Waals surface area contributed by atoms with Gasteiger partial charge in [0.2, 0.25) is 0 Å². The van der Waals surface area contributed by atoms with Gasteiger partial charge in [0.05, 0.1) is 11.9 Å². The van der Waals surface area contributed by atoms with Crippen LogP contribution in [-0.4, -0.2) is 18.3 Å². The van der Waals surface area contributed by atoms with Gasteiger partial charge in [0.25, 0.3) is 0 Å². The summed E-state index contributed by atoms with van der Waals surface area (Å²) in [6.07, 6.45) is 11.2. The molecule has 0 fully saturated rings. The standard InChI is InChI=1S/C27H34N2/c1-6-22-14-13-21(17-23(22)7-2)19-28-29(5)20(4)27(8-3)26-16-15-24-11-9-10-12-25(24)18-26/h8,13-19H,4,6-7,9-12H2,1-3,5H3/b27-8-,28-19+. The van der Waals surface area contributed by atoms with Crippen molar-refractivity contribution in [3.8, 4) is 0 Å². The van der Waals surface area contributed by atoms with Crippen molar-refractivity contribution in [1.29, 1.82) is 0 Å². The molecule has 0 saturated heterocycles. The molecule has 152 valence electrons. The van der Waals surface area contributed by atoms with E-state index in [1.807, 2.05) is 18.3 Å². The van der Waals surface area contributed by atoms with E-state index in [9.17, 15) is 0 Å². The fraction of sp³-hybridized carbons (Fsp3) is 0.370. The Morgan fingerprint density at radius 1 is 1.00 bits per heavy atom. The predicted molar refractivity (Wildman–Crippen MR) is 126 cm³/mol. The Balaban J connectivity index is 1.77. The van der Waals surface area contributed by atoms with Crippen LogP contribution in [0.1, 0.15) is 67.0 Å². The van der Waals surface area contributed by atoms with Crippen molar-refractivity contribution in [3.05, 3.63) is 88.1 Å². The predicted octanol–water partition coefficient (Wildman–Crippen LogP) is 6.57. The zero-order valence-electron chi connectivity index (χ0n) is 18.5. The molecule has 0 saturated carbocycles. The second-order valence-corrected chi connectivity index (χ2v) is 7.84. The Labute approximate surface area is 176 Å². The lowest BCUT2D eigenvalue weighted by Crippen LogP contribution is -2.12. The molecule has 3 rings (SSSR count). The summed E-state index contributed by atoms with van der Waals surface area (Å²) in [4.78, 5) is 0. The van der Waals surface area contributed by atoms with E-state index < -0.39 is 0 Å². The van der Waals surface area contributed by atoms with Crippen LogP contribution in [0.3, 0.4) is 0 Å². The van der Waals surface area contributed by atoms with Crippen LogP contribution < -0.4 is 0 Å². The summed E-state index contributed by atoms with van der Waals surface area (Å²) in [5.74, 6) is 0. The highest BCUT2D eigenvalue weighted by atomic mass is 15.4. The molecule has 0 amide bonds. The average molecular weight is 387 g/mol. The summed E-state index contributed by atoms with van der Waals surface area (Å²) in [7, 11) is 1.97. The van der Waals surface area contributed by atoms with Gasteiger partial charge < -0.3 is 0 Å². The summed E-state index contributed by atoms with van der Waals surface area (Å²) in [6.45, 7) is 10.8. The molecule has 1 aliphatic carbocycles. The minimum atomic E-state index is 0.917. The van der Waals surface area contributed by atoms with Crippen molar-refractivity contribution in [2.45, 2.75) is 59.3 Å². The molecule has 0 atom stereocenters. The van der Waals surface area contributed by atoms with Gasteiger partial charge >= 0.3 is 0 Å². The van der Waals surface area contributed by atoms with Crippen LogP contribution in [0.5, 0.6) is 0 Å². The van der Waals surface area contributed by atoms with Gasteiger partial charge in [-0.25, -0.2) is 0 Å². The average Bonchev–Trinajstić information content (AvgIpc) is 2.77. The second kappa shape index (κ2) is 9.73. The van der Waals surface area contributed by atoms with E-state index in [-0.39, 0.29) is 0 Å². The van der Waals surface area contributed by atoms with Gasteiger partial charge in [0.1, 0.15) is 0 Å². The van der Waals surface area contributed by atoms with Crippen LogP contribution in [0.4, 0.5) is 0 Å². The number of nitrogens with zero attached hydrogens (tertiary/aromatic N) is 2. The van der Waals surface area contributed by atoms with E-state index in [4.69, 9.17) is 0 Å². The highest BCUT2D eigenvalue weighted by molar-refractivity contribution is 5.81. The van der Waals surface area contributed by atoms with Gasteiger partial charge in [-0.15, -0.1) is 0 Å². The van der Waals surface area contributed by atoms with Crippen LogP contribution >= 0.6 is 0 Å². The monoisotopic (exact) mass is 386 g/mol. The Kier molecular flexibility index (Phi) is 7.09. The van der Waals surface area contributed by atoms with E-state index in [1.165, 1.54) is 53.5 Å². The first-order valence-electron chi connectivity index (χ1n) is 10.9. The molecule has 1 aliphatic rings. The second-order valence-electron chi connectivity index (χ2n) is 7.84. The Morgan fingerprint density at radius 2 is 1.72 bits per heavy atom. The molecule has 0 aliphatic heterocycles.